The maximum atomic E-state index is 5.18. The zero-order chi connectivity index (χ0) is 89.4. The highest BCUT2D eigenvalue weighted by Crippen LogP contribution is 2.56. The summed E-state index contributed by atoms with van der Waals surface area (Å²) in [5.41, 5.74) is 46.5. The molecule has 0 spiro atoms. The molecule has 0 saturated heterocycles. The number of benzene rings is 8. The summed E-state index contributed by atoms with van der Waals surface area (Å²) in [6.45, 7) is 41.9. The van der Waals surface area contributed by atoms with E-state index < -0.39 is 0 Å². The molecule has 650 valence electrons. The monoisotopic (exact) mass is 1700 g/mol. The van der Waals surface area contributed by atoms with Crippen molar-refractivity contribution in [2.75, 3.05) is 0 Å². The molecule has 0 bridgehead atoms. The van der Waals surface area contributed by atoms with Crippen LogP contribution in [0.25, 0.3) is 156 Å². The van der Waals surface area contributed by atoms with Gasteiger partial charge in [-0.3, -0.25) is 35.9 Å². The number of aromatic nitrogens is 16. The number of hydrogen-bond donors (Lipinski definition) is 0. The Morgan fingerprint density at radius 2 is 0.628 bits per heavy atom. The lowest BCUT2D eigenvalue weighted by Crippen LogP contribution is -2.42. The minimum Gasteiger partial charge on any atom is -0.299 e. The first kappa shape index (κ1) is 81.0. The van der Waals surface area contributed by atoms with E-state index in [4.69, 9.17) is 19.9 Å². The molecule has 2 saturated carbocycles. The van der Waals surface area contributed by atoms with Gasteiger partial charge in [0.1, 0.15) is 28.2 Å². The largest absolute Gasteiger partial charge is 0.299 e. The molecule has 0 amide bonds. The summed E-state index contributed by atoms with van der Waals surface area (Å²) in [5, 5.41) is 0. The molecule has 6 aliphatic rings. The van der Waals surface area contributed by atoms with Crippen molar-refractivity contribution >= 4 is 111 Å². The molecule has 8 aromatic carbocycles. The molecular formula is C113H122N16+4. The van der Waals surface area contributed by atoms with Crippen LogP contribution in [0.4, 0.5) is 0 Å². The zero-order valence-electron chi connectivity index (χ0n) is 79.6. The van der Waals surface area contributed by atoms with Gasteiger partial charge < -0.3 is 0 Å². The SMILES string of the molecule is Cc1ccc2c3c1-c1c(c(C4CCCC4)cc[n+]1C)C(C)(C)n3c1nc3ccccc3n21.Cc1ccc2c3c1-c1c(c(C4CCCCC4)cc[n+]1C)C(C)(C)n3c1nc3ccccc3n21.Cc1ccc2c3c1-c1c(c(CC(C)(C)C)cc[n+]1C)C(C)(C)n3c1nc3ccccc3n21.Cc1ccc2c3c1-c1c(cc(CC(C)(C)C)c[n+]1C)C(C)(C)n3c1nc3ccccc3n21. The molecule has 16 heteroatoms. The predicted molar refractivity (Wildman–Crippen MR) is 525 cm³/mol. The lowest BCUT2D eigenvalue weighted by molar-refractivity contribution is -0.661. The summed E-state index contributed by atoms with van der Waals surface area (Å²) in [6.07, 6.45) is 23.3. The molecule has 16 heterocycles. The number of aryl methyl sites for hydroxylation is 8. The summed E-state index contributed by atoms with van der Waals surface area (Å²) in [4.78, 5) is 20.6. The Bertz CT molecular complexity index is 8230. The molecule has 26 rings (SSSR count). The minimum atomic E-state index is -0.236. The average Bonchev–Trinajstić information content (AvgIpc) is 1.55. The summed E-state index contributed by atoms with van der Waals surface area (Å²) in [5.74, 6) is 5.46. The van der Waals surface area contributed by atoms with Crippen molar-refractivity contribution < 1.29 is 18.3 Å². The van der Waals surface area contributed by atoms with E-state index >= 15 is 0 Å². The molecule has 129 heavy (non-hydrogen) atoms. The van der Waals surface area contributed by atoms with Crippen LogP contribution in [0, 0.1) is 38.5 Å². The highest BCUT2D eigenvalue weighted by molar-refractivity contribution is 6.06. The van der Waals surface area contributed by atoms with Crippen molar-refractivity contribution in [2.45, 2.75) is 229 Å². The van der Waals surface area contributed by atoms with Gasteiger partial charge in [-0.1, -0.05) is 146 Å². The van der Waals surface area contributed by atoms with E-state index in [-0.39, 0.29) is 33.0 Å². The normalized spacial score (nSPS) is 16.4. The van der Waals surface area contributed by atoms with E-state index in [9.17, 15) is 0 Å². The van der Waals surface area contributed by atoms with Crippen LogP contribution < -0.4 is 18.3 Å². The van der Waals surface area contributed by atoms with Gasteiger partial charge in [0.15, 0.2) is 24.8 Å². The van der Waals surface area contributed by atoms with Crippen LogP contribution in [0.15, 0.2) is 195 Å². The molecule has 12 aromatic heterocycles. The standard InChI is InChI=1S/C29H31N4.C28H29N4.2C28H31N4/c1-18-14-15-23-26-24(18)27-25(20(16-17-31(27)4)19-10-6-5-7-11-19)29(2,3)33(26)28-30-21-12-8-9-13-22(21)32(23)28;1-17-13-14-22-25-23(17)26-24(19(15-16-30(26)4)18-9-5-6-10-18)28(2,3)32(25)27-29-20-11-7-8-12-21(20)31(22)27;1-17-12-13-22-25-23(17)24-19(14-18(16-30(24)7)15-27(2,3)4)28(5,6)32(25)26-29-20-10-8-9-11-21(20)31(22)26;1-17-12-13-21-24-22(17)25-23(18(14-15-30(25)7)16-27(2,3)4)28(5,6)32(24)26-29-19-10-8-9-11-20(19)31(21)26/h8-9,12-17,19H,5-7,10-11H2,1-4H3;7-8,11-16,18H,5-6,9-10H2,1-4H3;8-14,16H,15H2,1-7H3;8-15H,16H2,1-7H3/q4*+1. The van der Waals surface area contributed by atoms with E-state index in [1.807, 2.05) is 0 Å². The molecule has 20 aromatic rings. The Labute approximate surface area is 755 Å². The zero-order valence-corrected chi connectivity index (χ0v) is 79.6. The molecule has 16 nitrogen and oxygen atoms in total. The second kappa shape index (κ2) is 28.0. The van der Waals surface area contributed by atoms with Gasteiger partial charge in [-0.25, -0.2) is 38.2 Å². The predicted octanol–water partition coefficient (Wildman–Crippen LogP) is 24.2. The third kappa shape index (κ3) is 11.5. The van der Waals surface area contributed by atoms with Gasteiger partial charge >= 0.3 is 0 Å². The van der Waals surface area contributed by atoms with Crippen LogP contribution in [0.5, 0.6) is 0 Å². The lowest BCUT2D eigenvalue weighted by Gasteiger charge is -2.37. The van der Waals surface area contributed by atoms with E-state index in [0.29, 0.717) is 11.8 Å². The number of rotatable bonds is 4. The molecule has 2 aliphatic carbocycles. The second-order valence-corrected chi connectivity index (χ2v) is 43.4. The van der Waals surface area contributed by atoms with E-state index in [1.165, 1.54) is 225 Å². The average molecular weight is 1700 g/mol. The third-order valence-corrected chi connectivity index (χ3v) is 30.7. The lowest BCUT2D eigenvalue weighted by atomic mass is 9.75. The van der Waals surface area contributed by atoms with Gasteiger partial charge in [0, 0.05) is 23.8 Å². The Morgan fingerprint density at radius 3 is 0.977 bits per heavy atom. The van der Waals surface area contributed by atoms with Gasteiger partial charge in [0.25, 0.3) is 0 Å². The van der Waals surface area contributed by atoms with E-state index in [0.717, 1.165) is 58.0 Å². The number of imidazole rings is 8. The Hall–Kier alpha value is -12.6. The summed E-state index contributed by atoms with van der Waals surface area (Å²) >= 11 is 0. The van der Waals surface area contributed by atoms with E-state index in [2.05, 4.69) is 402 Å². The third-order valence-electron chi connectivity index (χ3n) is 30.7. The quantitative estimate of drug-likeness (QED) is 0.164. The fraction of sp³-hybridized carbons (Fsp3) is 0.363. The molecular weight excluding hydrogens is 1580 g/mol. The Kier molecular flexibility index (Phi) is 17.6. The first-order valence-electron chi connectivity index (χ1n) is 47.4. The van der Waals surface area contributed by atoms with Crippen molar-refractivity contribution in [3.63, 3.8) is 0 Å². The van der Waals surface area contributed by atoms with Gasteiger partial charge in [0.05, 0.1) is 155 Å². The van der Waals surface area contributed by atoms with Crippen molar-refractivity contribution in [1.82, 2.24) is 55.8 Å². The van der Waals surface area contributed by atoms with Gasteiger partial charge in [-0.05, 0) is 262 Å². The molecule has 2 fully saturated rings. The van der Waals surface area contributed by atoms with Crippen LogP contribution in [0.1, 0.15) is 233 Å². The van der Waals surface area contributed by atoms with Crippen LogP contribution in [-0.2, 0) is 63.2 Å². The summed E-state index contributed by atoms with van der Waals surface area (Å²) in [6, 6.07) is 61.8. The van der Waals surface area contributed by atoms with Crippen LogP contribution in [-0.4, -0.2) is 55.8 Å². The first-order valence-corrected chi connectivity index (χ1v) is 47.4. The second-order valence-electron chi connectivity index (χ2n) is 43.4. The smallest absolute Gasteiger partial charge is 0.220 e. The highest BCUT2D eigenvalue weighted by Gasteiger charge is 2.50. The molecule has 4 aliphatic heterocycles. The molecule has 0 N–H and O–H groups in total. The molecule has 0 unspecified atom stereocenters. The Balaban J connectivity index is 0.0000000982. The van der Waals surface area contributed by atoms with Gasteiger partial charge in [0.2, 0.25) is 45.9 Å². The fourth-order valence-corrected chi connectivity index (χ4v) is 25.3. The van der Waals surface area contributed by atoms with Crippen LogP contribution in [0.3, 0.4) is 0 Å². The van der Waals surface area contributed by atoms with Crippen LogP contribution in [0.2, 0.25) is 0 Å². The van der Waals surface area contributed by atoms with Crippen molar-refractivity contribution in [3.8, 4) is 45.0 Å². The van der Waals surface area contributed by atoms with Gasteiger partial charge in [-0.2, -0.15) is 0 Å². The van der Waals surface area contributed by atoms with Crippen molar-refractivity contribution in [1.29, 1.82) is 0 Å². The Morgan fingerprint density at radius 1 is 0.326 bits per heavy atom. The van der Waals surface area contributed by atoms with E-state index in [1.54, 1.807) is 11.1 Å². The number of nitrogens with zero attached hydrogens (tertiary/aromatic N) is 16. The van der Waals surface area contributed by atoms with Crippen LogP contribution >= 0.6 is 0 Å². The number of pyridine rings is 4. The topological polar surface area (TPSA) is 104 Å². The summed E-state index contributed by atoms with van der Waals surface area (Å²) < 4.78 is 28.9. The maximum Gasteiger partial charge on any atom is 0.220 e. The first-order chi connectivity index (χ1) is 61.6. The van der Waals surface area contributed by atoms with Crippen molar-refractivity contribution in [2.24, 2.45) is 39.0 Å². The van der Waals surface area contributed by atoms with Crippen molar-refractivity contribution in [3.05, 3.63) is 261 Å². The maximum absolute atomic E-state index is 5.18. The highest BCUT2D eigenvalue weighted by atomic mass is 15.3. The fourth-order valence-electron chi connectivity index (χ4n) is 25.3. The number of hydrogen-bond acceptors (Lipinski definition) is 4. The molecule has 0 atom stereocenters. The number of para-hydroxylation sites is 8. The number of fused-ring (bicyclic) bond motifs is 28. The van der Waals surface area contributed by atoms with Gasteiger partial charge in [-0.15, -0.1) is 0 Å². The summed E-state index contributed by atoms with van der Waals surface area (Å²) in [7, 11) is 8.83. The minimum absolute atomic E-state index is 0.197. The molecule has 0 radical (unpaired) electrons.